The third kappa shape index (κ3) is 2.94. The third-order valence-electron chi connectivity index (χ3n) is 1.85. The van der Waals surface area contributed by atoms with Gasteiger partial charge < -0.3 is 15.0 Å². The van der Waals surface area contributed by atoms with Crippen molar-refractivity contribution in [3.8, 4) is 5.75 Å². The highest BCUT2D eigenvalue weighted by molar-refractivity contribution is 5.64. The van der Waals surface area contributed by atoms with Gasteiger partial charge in [0, 0.05) is 12.0 Å². The van der Waals surface area contributed by atoms with Crippen LogP contribution in [0.5, 0.6) is 5.75 Å². The highest BCUT2D eigenvalue weighted by atomic mass is 16.6. The van der Waals surface area contributed by atoms with E-state index in [1.807, 2.05) is 0 Å². The van der Waals surface area contributed by atoms with Gasteiger partial charge in [-0.05, 0) is 24.5 Å². The lowest BCUT2D eigenvalue weighted by Crippen LogP contribution is -2.22. The van der Waals surface area contributed by atoms with Crippen LogP contribution in [0.1, 0.15) is 12.0 Å². The summed E-state index contributed by atoms with van der Waals surface area (Å²) in [6.45, 7) is 0. The van der Waals surface area contributed by atoms with Crippen molar-refractivity contribution < 1.29 is 19.9 Å². The van der Waals surface area contributed by atoms with Gasteiger partial charge in [0.1, 0.15) is 0 Å². The van der Waals surface area contributed by atoms with Gasteiger partial charge in [-0.2, -0.15) is 0 Å². The van der Waals surface area contributed by atoms with Crippen LogP contribution in [-0.4, -0.2) is 16.0 Å². The van der Waals surface area contributed by atoms with E-state index in [1.54, 1.807) is 0 Å². The minimum Gasteiger partial charge on any atom is -0.550 e. The number of aliphatic carboxylic acids is 1. The Labute approximate surface area is 84.9 Å². The van der Waals surface area contributed by atoms with E-state index < -0.39 is 22.3 Å². The molecule has 6 heteroatoms. The molecule has 0 atom stereocenters. The van der Waals surface area contributed by atoms with Crippen LogP contribution >= 0.6 is 0 Å². The van der Waals surface area contributed by atoms with E-state index in [4.69, 9.17) is 5.11 Å². The lowest BCUT2D eigenvalue weighted by atomic mass is 10.1. The normalized spacial score (nSPS) is 9.87. The molecule has 0 radical (unpaired) electrons. The van der Waals surface area contributed by atoms with Gasteiger partial charge in [-0.15, -0.1) is 0 Å². The zero-order chi connectivity index (χ0) is 11.4. The topological polar surface area (TPSA) is 104 Å². The molecule has 0 aromatic heterocycles. The van der Waals surface area contributed by atoms with E-state index in [9.17, 15) is 20.0 Å². The zero-order valence-electron chi connectivity index (χ0n) is 7.67. The molecule has 0 bridgehead atoms. The van der Waals surface area contributed by atoms with Crippen LogP contribution in [0.3, 0.4) is 0 Å². The highest BCUT2D eigenvalue weighted by Crippen LogP contribution is 2.26. The van der Waals surface area contributed by atoms with Gasteiger partial charge in [-0.25, -0.2) is 0 Å². The second-order valence-electron chi connectivity index (χ2n) is 2.95. The molecule has 6 nitrogen and oxygen atoms in total. The first-order chi connectivity index (χ1) is 7.00. The lowest BCUT2D eigenvalue weighted by Gasteiger charge is -2.03. The Balaban J connectivity index is 2.87. The molecule has 0 aliphatic heterocycles. The Kier molecular flexibility index (Phi) is 3.22. The van der Waals surface area contributed by atoms with Gasteiger partial charge in [0.15, 0.2) is 5.75 Å². The average Bonchev–Trinajstić information content (AvgIpc) is 2.16. The summed E-state index contributed by atoms with van der Waals surface area (Å²) < 4.78 is 0. The Morgan fingerprint density at radius 2 is 2.13 bits per heavy atom. The Morgan fingerprint density at radius 3 is 2.67 bits per heavy atom. The molecule has 0 fully saturated rings. The number of hydrogen-bond acceptors (Lipinski definition) is 5. The van der Waals surface area contributed by atoms with Crippen molar-refractivity contribution in [2.75, 3.05) is 0 Å². The van der Waals surface area contributed by atoms with Gasteiger partial charge in [0.25, 0.3) is 0 Å². The average molecular weight is 210 g/mol. The molecule has 80 valence electrons. The summed E-state index contributed by atoms with van der Waals surface area (Å²) in [4.78, 5) is 19.9. The number of nitro benzene ring substituents is 1. The fourth-order valence-electron chi connectivity index (χ4n) is 1.12. The number of nitro groups is 1. The van der Waals surface area contributed by atoms with Crippen LogP contribution in [0.2, 0.25) is 0 Å². The maximum absolute atomic E-state index is 10.4. The molecule has 0 heterocycles. The van der Waals surface area contributed by atoms with E-state index in [-0.39, 0.29) is 12.8 Å². The van der Waals surface area contributed by atoms with E-state index >= 15 is 0 Å². The van der Waals surface area contributed by atoms with Crippen molar-refractivity contribution in [2.24, 2.45) is 0 Å². The largest absolute Gasteiger partial charge is 0.550 e. The molecule has 0 unspecified atom stereocenters. The maximum Gasteiger partial charge on any atom is 0.310 e. The number of carboxylic acids is 1. The quantitative estimate of drug-likeness (QED) is 0.555. The van der Waals surface area contributed by atoms with Crippen molar-refractivity contribution in [3.05, 3.63) is 33.9 Å². The fraction of sp³-hybridized carbons (Fsp3) is 0.222. The smallest absolute Gasteiger partial charge is 0.310 e. The second kappa shape index (κ2) is 4.41. The number of benzene rings is 1. The molecule has 0 amide bonds. The first-order valence-corrected chi connectivity index (χ1v) is 4.17. The molecule has 0 spiro atoms. The van der Waals surface area contributed by atoms with Gasteiger partial charge in [0.2, 0.25) is 0 Å². The monoisotopic (exact) mass is 210 g/mol. The number of carbonyl (C=O) groups is 1. The van der Waals surface area contributed by atoms with Gasteiger partial charge in [-0.3, -0.25) is 10.1 Å². The van der Waals surface area contributed by atoms with E-state index in [1.165, 1.54) is 12.1 Å². The minimum atomic E-state index is -1.22. The van der Waals surface area contributed by atoms with Crippen molar-refractivity contribution in [3.63, 3.8) is 0 Å². The molecule has 0 saturated carbocycles. The molecule has 15 heavy (non-hydrogen) atoms. The minimum absolute atomic E-state index is 0.142. The van der Waals surface area contributed by atoms with E-state index in [0.717, 1.165) is 6.07 Å². The second-order valence-corrected chi connectivity index (χ2v) is 2.95. The Morgan fingerprint density at radius 1 is 1.47 bits per heavy atom. The first kappa shape index (κ1) is 11.0. The molecule has 1 N–H and O–H groups in total. The first-order valence-electron chi connectivity index (χ1n) is 4.17. The van der Waals surface area contributed by atoms with Crippen LogP contribution < -0.4 is 5.11 Å². The third-order valence-corrected chi connectivity index (χ3v) is 1.85. The SMILES string of the molecule is O=C([O-])CCc1ccc(O)c([N+](=O)[O-])c1. The van der Waals surface area contributed by atoms with Crippen LogP contribution in [0.4, 0.5) is 5.69 Å². The number of rotatable bonds is 4. The maximum atomic E-state index is 10.4. The molecule has 0 saturated heterocycles. The summed E-state index contributed by atoms with van der Waals surface area (Å²) in [5.74, 6) is -1.65. The van der Waals surface area contributed by atoms with Gasteiger partial charge in [-0.1, -0.05) is 6.07 Å². The molecule has 1 rings (SSSR count). The Bertz CT molecular complexity index is 401. The number of hydrogen-bond donors (Lipinski definition) is 1. The van der Waals surface area contributed by atoms with Crippen LogP contribution in [0.15, 0.2) is 18.2 Å². The summed E-state index contributed by atoms with van der Waals surface area (Å²) in [5.41, 5.74) is 0.0505. The number of phenolic OH excluding ortho intramolecular Hbond substituents is 1. The van der Waals surface area contributed by atoms with Crippen LogP contribution in [-0.2, 0) is 11.2 Å². The molecular weight excluding hydrogens is 202 g/mol. The summed E-state index contributed by atoms with van der Waals surface area (Å²) in [7, 11) is 0. The van der Waals surface area contributed by atoms with Crippen LogP contribution in [0.25, 0.3) is 0 Å². The highest BCUT2D eigenvalue weighted by Gasteiger charge is 2.13. The summed E-state index contributed by atoms with van der Waals surface area (Å²) in [5, 5.41) is 29.7. The number of nitrogens with zero attached hydrogens (tertiary/aromatic N) is 1. The number of aromatic hydroxyl groups is 1. The number of phenols is 1. The molecular formula is C9H8NO5-. The van der Waals surface area contributed by atoms with Crippen molar-refractivity contribution >= 4 is 11.7 Å². The number of aryl methyl sites for hydroxylation is 1. The zero-order valence-corrected chi connectivity index (χ0v) is 7.67. The number of carbonyl (C=O) groups excluding carboxylic acids is 1. The van der Waals surface area contributed by atoms with E-state index in [0.29, 0.717) is 5.56 Å². The molecule has 0 aliphatic carbocycles. The summed E-state index contributed by atoms with van der Waals surface area (Å²) >= 11 is 0. The van der Waals surface area contributed by atoms with Crippen LogP contribution in [0, 0.1) is 10.1 Å². The summed E-state index contributed by atoms with van der Waals surface area (Å²) in [6.07, 6.45) is -0.0641. The van der Waals surface area contributed by atoms with Crippen molar-refractivity contribution in [1.82, 2.24) is 0 Å². The van der Waals surface area contributed by atoms with E-state index in [2.05, 4.69) is 0 Å². The lowest BCUT2D eigenvalue weighted by molar-refractivity contribution is -0.385. The summed E-state index contributed by atoms with van der Waals surface area (Å²) in [6, 6.07) is 3.76. The van der Waals surface area contributed by atoms with Gasteiger partial charge in [0.05, 0.1) is 4.92 Å². The van der Waals surface area contributed by atoms with Gasteiger partial charge >= 0.3 is 5.69 Å². The molecule has 1 aromatic carbocycles. The standard InChI is InChI=1S/C9H9NO5/c11-8-3-1-6(2-4-9(12)13)5-7(8)10(14)15/h1,3,5,11H,2,4H2,(H,12,13)/p-1. The number of carboxylic acid groups (broad SMARTS) is 1. The Hall–Kier alpha value is -2.11. The molecule has 1 aromatic rings. The predicted octanol–water partition coefficient (Wildman–Crippen LogP) is -0.0171. The molecule has 0 aliphatic rings. The van der Waals surface area contributed by atoms with Crippen molar-refractivity contribution in [1.29, 1.82) is 0 Å². The predicted molar refractivity (Wildman–Crippen MR) is 48.1 cm³/mol. The fourth-order valence-corrected chi connectivity index (χ4v) is 1.12. The van der Waals surface area contributed by atoms with Crippen molar-refractivity contribution in [2.45, 2.75) is 12.8 Å².